The Balaban J connectivity index is 0.000000206. The highest BCUT2D eigenvalue weighted by Gasteiger charge is 2.37. The van der Waals surface area contributed by atoms with Crippen molar-refractivity contribution < 1.29 is 41.0 Å². The monoisotopic (exact) mass is 536 g/mol. The number of rotatable bonds is 5. The number of hydrogen-bond donors (Lipinski definition) is 2. The number of halogens is 6. The molecule has 0 heterocycles. The SMILES string of the molecule is OB(O)Oc1cc(C(F)(F)F)cc(C(F)(F)F)c1.c1ccc(P(c2ccccc2)c2ccccc2)cc1. The van der Waals surface area contributed by atoms with E-state index in [0.717, 1.165) is 0 Å². The molecule has 0 fully saturated rings. The van der Waals surface area contributed by atoms with Crippen LogP contribution in [0.4, 0.5) is 26.3 Å². The first-order valence-corrected chi connectivity index (χ1v) is 12.1. The van der Waals surface area contributed by atoms with Crippen molar-refractivity contribution >= 4 is 31.2 Å². The molecular formula is C26H20BF6O3P. The Morgan fingerprint density at radius 2 is 0.865 bits per heavy atom. The fourth-order valence-corrected chi connectivity index (χ4v) is 5.60. The van der Waals surface area contributed by atoms with Gasteiger partial charge in [-0.05, 0) is 42.0 Å². The minimum Gasteiger partial charge on any atom is -0.512 e. The summed E-state index contributed by atoms with van der Waals surface area (Å²) in [5.41, 5.74) is -3.21. The molecule has 0 amide bonds. The van der Waals surface area contributed by atoms with Gasteiger partial charge in [-0.15, -0.1) is 0 Å². The molecule has 0 aliphatic rings. The molecule has 0 atom stereocenters. The van der Waals surface area contributed by atoms with Crippen LogP contribution >= 0.6 is 7.92 Å². The van der Waals surface area contributed by atoms with E-state index in [9.17, 15) is 26.3 Å². The van der Waals surface area contributed by atoms with Crippen molar-refractivity contribution in [3.05, 3.63) is 120 Å². The Hall–Kier alpha value is -3.33. The Morgan fingerprint density at radius 1 is 0.541 bits per heavy atom. The predicted octanol–water partition coefficient (Wildman–Crippen LogP) is 5.52. The number of hydrogen-bond acceptors (Lipinski definition) is 3. The van der Waals surface area contributed by atoms with E-state index < -0.39 is 44.5 Å². The van der Waals surface area contributed by atoms with E-state index in [1.54, 1.807) is 0 Å². The summed E-state index contributed by atoms with van der Waals surface area (Å²) in [5.74, 6) is -0.952. The lowest BCUT2D eigenvalue weighted by Crippen LogP contribution is -2.21. The first kappa shape index (κ1) is 28.2. The lowest BCUT2D eigenvalue weighted by atomic mass is 10.1. The van der Waals surface area contributed by atoms with Crippen LogP contribution in [0, 0.1) is 0 Å². The van der Waals surface area contributed by atoms with Gasteiger partial charge in [0.15, 0.2) is 0 Å². The van der Waals surface area contributed by atoms with Crippen LogP contribution in [0.1, 0.15) is 11.1 Å². The molecule has 3 nitrogen and oxygen atoms in total. The highest BCUT2D eigenvalue weighted by atomic mass is 31.1. The molecule has 4 rings (SSSR count). The third kappa shape index (κ3) is 8.35. The van der Waals surface area contributed by atoms with E-state index in [1.807, 2.05) is 0 Å². The van der Waals surface area contributed by atoms with Gasteiger partial charge < -0.3 is 14.7 Å². The van der Waals surface area contributed by atoms with Crippen LogP contribution in [0.2, 0.25) is 0 Å². The van der Waals surface area contributed by atoms with E-state index in [2.05, 4.69) is 95.6 Å². The van der Waals surface area contributed by atoms with Crippen molar-refractivity contribution in [3.8, 4) is 5.75 Å². The summed E-state index contributed by atoms with van der Waals surface area (Å²) in [6, 6.07) is 32.7. The molecule has 11 heteroatoms. The van der Waals surface area contributed by atoms with Crippen molar-refractivity contribution in [1.82, 2.24) is 0 Å². The van der Waals surface area contributed by atoms with Crippen LogP contribution < -0.4 is 20.6 Å². The van der Waals surface area contributed by atoms with E-state index in [4.69, 9.17) is 10.0 Å². The third-order valence-electron chi connectivity index (χ3n) is 4.85. The molecule has 0 unspecified atom stereocenters. The lowest BCUT2D eigenvalue weighted by Gasteiger charge is -2.18. The second kappa shape index (κ2) is 12.3. The molecule has 0 spiro atoms. The van der Waals surface area contributed by atoms with Crippen molar-refractivity contribution in [2.75, 3.05) is 0 Å². The Labute approximate surface area is 210 Å². The highest BCUT2D eigenvalue weighted by Crippen LogP contribution is 2.38. The Kier molecular flexibility index (Phi) is 9.37. The highest BCUT2D eigenvalue weighted by molar-refractivity contribution is 7.79. The summed E-state index contributed by atoms with van der Waals surface area (Å²) in [4.78, 5) is 0. The average Bonchev–Trinajstić information content (AvgIpc) is 2.85. The van der Waals surface area contributed by atoms with Crippen LogP contribution in [0.5, 0.6) is 5.75 Å². The van der Waals surface area contributed by atoms with E-state index in [0.29, 0.717) is 0 Å². The maximum atomic E-state index is 12.3. The largest absolute Gasteiger partial charge is 0.707 e. The normalized spacial score (nSPS) is 11.5. The minimum absolute atomic E-state index is 0.101. The van der Waals surface area contributed by atoms with Crippen molar-refractivity contribution in [2.24, 2.45) is 0 Å². The summed E-state index contributed by atoms with van der Waals surface area (Å²) in [5, 5.41) is 20.9. The summed E-state index contributed by atoms with van der Waals surface area (Å²) < 4.78 is 78.0. The van der Waals surface area contributed by atoms with Gasteiger partial charge in [-0.1, -0.05) is 91.0 Å². The second-order valence-corrected chi connectivity index (χ2v) is 9.75. The van der Waals surface area contributed by atoms with E-state index in [1.165, 1.54) is 15.9 Å². The fourth-order valence-electron chi connectivity index (χ4n) is 3.29. The Bertz CT molecular complexity index is 1130. The molecule has 0 aromatic heterocycles. The summed E-state index contributed by atoms with van der Waals surface area (Å²) in [7, 11) is -2.96. The molecule has 0 aliphatic carbocycles. The summed E-state index contributed by atoms with van der Waals surface area (Å²) >= 11 is 0. The maximum absolute atomic E-state index is 12.3. The van der Waals surface area contributed by atoms with E-state index in [-0.39, 0.29) is 18.2 Å². The molecule has 192 valence electrons. The van der Waals surface area contributed by atoms with Gasteiger partial charge in [0.1, 0.15) is 5.75 Å². The van der Waals surface area contributed by atoms with Gasteiger partial charge in [0.25, 0.3) is 0 Å². The van der Waals surface area contributed by atoms with E-state index >= 15 is 0 Å². The lowest BCUT2D eigenvalue weighted by molar-refractivity contribution is -0.143. The van der Waals surface area contributed by atoms with Gasteiger partial charge in [-0.3, -0.25) is 0 Å². The number of alkyl halides is 6. The van der Waals surface area contributed by atoms with Crippen LogP contribution in [-0.4, -0.2) is 17.4 Å². The molecule has 2 N–H and O–H groups in total. The average molecular weight is 536 g/mol. The van der Waals surface area contributed by atoms with Crippen molar-refractivity contribution in [1.29, 1.82) is 0 Å². The van der Waals surface area contributed by atoms with Gasteiger partial charge in [0.2, 0.25) is 0 Å². The standard InChI is InChI=1S/C18H15P.C8H5BF6O3/c1-4-10-16(11-5-1)19(17-12-6-2-7-13-17)18-14-8-3-9-15-18;10-7(11,12)4-1-5(8(13,14)15)3-6(2-4)18-9(16)17/h1-15H;1-3,16-17H. The van der Waals surface area contributed by atoms with Crippen molar-refractivity contribution in [3.63, 3.8) is 0 Å². The first-order valence-electron chi connectivity index (χ1n) is 10.7. The smallest absolute Gasteiger partial charge is 0.512 e. The molecule has 0 saturated heterocycles. The van der Waals surface area contributed by atoms with Crippen LogP contribution in [0.3, 0.4) is 0 Å². The zero-order valence-electron chi connectivity index (χ0n) is 19.0. The first-order chi connectivity index (χ1) is 17.4. The molecule has 0 bridgehead atoms. The number of benzene rings is 4. The zero-order valence-corrected chi connectivity index (χ0v) is 19.9. The Morgan fingerprint density at radius 3 is 1.14 bits per heavy atom. The maximum Gasteiger partial charge on any atom is 0.707 e. The zero-order chi connectivity index (χ0) is 27.1. The van der Waals surface area contributed by atoms with Gasteiger partial charge in [0, 0.05) is 0 Å². The van der Waals surface area contributed by atoms with Crippen LogP contribution in [0.25, 0.3) is 0 Å². The summed E-state index contributed by atoms with van der Waals surface area (Å²) in [6.07, 6.45) is -10.0. The van der Waals surface area contributed by atoms with Gasteiger partial charge >= 0.3 is 19.7 Å². The predicted molar refractivity (Wildman–Crippen MR) is 132 cm³/mol. The van der Waals surface area contributed by atoms with Gasteiger partial charge in [-0.2, -0.15) is 26.3 Å². The molecule has 0 aliphatic heterocycles. The molecule has 4 aromatic rings. The third-order valence-corrected chi connectivity index (χ3v) is 7.29. The molecular weight excluding hydrogens is 516 g/mol. The quantitative estimate of drug-likeness (QED) is 0.201. The van der Waals surface area contributed by atoms with Crippen molar-refractivity contribution in [2.45, 2.75) is 12.4 Å². The molecule has 4 aromatic carbocycles. The fraction of sp³-hybridized carbons (Fsp3) is 0.0769. The second-order valence-electron chi connectivity index (χ2n) is 7.53. The molecule has 0 saturated carbocycles. The van der Waals surface area contributed by atoms with Gasteiger partial charge in [-0.25, -0.2) is 0 Å². The molecule has 0 radical (unpaired) electrons. The topological polar surface area (TPSA) is 49.7 Å². The van der Waals surface area contributed by atoms with Crippen LogP contribution in [0.15, 0.2) is 109 Å². The van der Waals surface area contributed by atoms with Crippen LogP contribution in [-0.2, 0) is 12.4 Å². The molecule has 37 heavy (non-hydrogen) atoms. The summed E-state index contributed by atoms with van der Waals surface area (Å²) in [6.45, 7) is 0. The minimum atomic E-state index is -5.01. The van der Waals surface area contributed by atoms with Gasteiger partial charge in [0.05, 0.1) is 11.1 Å².